The van der Waals surface area contributed by atoms with Gasteiger partial charge in [-0.2, -0.15) is 0 Å². The van der Waals surface area contributed by atoms with E-state index in [2.05, 4.69) is 44.8 Å². The fourth-order valence-corrected chi connectivity index (χ4v) is 5.01. The van der Waals surface area contributed by atoms with Gasteiger partial charge >= 0.3 is 0 Å². The number of thiazole rings is 1. The summed E-state index contributed by atoms with van der Waals surface area (Å²) in [6.07, 6.45) is 3.26. The number of nitrogens with one attached hydrogen (secondary N) is 2. The van der Waals surface area contributed by atoms with Crippen LogP contribution in [0.2, 0.25) is 0 Å². The molecule has 9 heteroatoms. The molecule has 0 radical (unpaired) electrons. The third-order valence-electron chi connectivity index (χ3n) is 7.05. The van der Waals surface area contributed by atoms with E-state index in [-0.39, 0.29) is 36.2 Å². The molecule has 1 saturated heterocycles. The molecule has 2 heterocycles. The van der Waals surface area contributed by atoms with Crippen LogP contribution < -0.4 is 10.6 Å². The number of aldehydes is 1. The summed E-state index contributed by atoms with van der Waals surface area (Å²) in [5.74, 6) is -0.510. The van der Waals surface area contributed by atoms with E-state index < -0.39 is 17.6 Å². The van der Waals surface area contributed by atoms with Crippen LogP contribution in [0.25, 0.3) is 10.4 Å². The average molecular weight is 531 g/mol. The van der Waals surface area contributed by atoms with Crippen molar-refractivity contribution in [3.63, 3.8) is 0 Å². The number of carbonyl (C=O) groups excluding carboxylic acids is 3. The van der Waals surface area contributed by atoms with Crippen LogP contribution in [0.4, 0.5) is 4.39 Å². The number of alkyl halides is 1. The molecule has 1 saturated carbocycles. The van der Waals surface area contributed by atoms with Crippen LogP contribution in [0.5, 0.6) is 0 Å². The zero-order valence-electron chi connectivity index (χ0n) is 22.6. The molecule has 0 unspecified atom stereocenters. The number of hydrogen-bond donors (Lipinski definition) is 2. The maximum absolute atomic E-state index is 13.3. The highest BCUT2D eigenvalue weighted by atomic mass is 32.1. The minimum atomic E-state index is -1.70. The summed E-state index contributed by atoms with van der Waals surface area (Å²) in [6, 6.07) is 7.84. The fraction of sp³-hybridized carbons (Fsp3) is 0.571. The molecule has 2 N–H and O–H groups in total. The molecule has 37 heavy (non-hydrogen) atoms. The van der Waals surface area contributed by atoms with E-state index in [0.717, 1.165) is 30.6 Å². The summed E-state index contributed by atoms with van der Waals surface area (Å²) in [6.45, 7) is 10.5. The van der Waals surface area contributed by atoms with Crippen LogP contribution >= 0.6 is 11.3 Å². The number of benzene rings is 1. The number of amides is 2. The van der Waals surface area contributed by atoms with Crippen LogP contribution in [0.15, 0.2) is 29.8 Å². The highest BCUT2D eigenvalue weighted by molar-refractivity contribution is 7.13. The van der Waals surface area contributed by atoms with Crippen LogP contribution in [-0.4, -0.2) is 59.3 Å². The maximum atomic E-state index is 13.3. The van der Waals surface area contributed by atoms with E-state index in [1.54, 1.807) is 11.3 Å². The second kappa shape index (κ2) is 11.8. The number of carbonyl (C=O) groups is 3. The molecule has 4 rings (SSSR count). The van der Waals surface area contributed by atoms with Gasteiger partial charge in [0.2, 0.25) is 5.91 Å². The van der Waals surface area contributed by atoms with Crippen molar-refractivity contribution in [3.05, 3.63) is 41.0 Å². The second-order valence-corrected chi connectivity index (χ2v) is 12.0. The summed E-state index contributed by atoms with van der Waals surface area (Å²) in [5, 5.41) is 5.57. The highest BCUT2D eigenvalue weighted by Gasteiger charge is 2.51. The van der Waals surface area contributed by atoms with Gasteiger partial charge < -0.3 is 15.4 Å². The van der Waals surface area contributed by atoms with Gasteiger partial charge in [-0.15, -0.1) is 11.3 Å². The molecule has 2 amide bonds. The van der Waals surface area contributed by atoms with Gasteiger partial charge in [-0.1, -0.05) is 45.0 Å². The quantitative estimate of drug-likeness (QED) is 0.510. The Morgan fingerprint density at radius 1 is 1.22 bits per heavy atom. The number of aryl methyl sites for hydroxylation is 1. The first-order chi connectivity index (χ1) is 17.4. The lowest BCUT2D eigenvalue weighted by atomic mass is 9.87. The highest BCUT2D eigenvalue weighted by Crippen LogP contribution is 2.40. The van der Waals surface area contributed by atoms with Gasteiger partial charge in [0.25, 0.3) is 5.91 Å². The van der Waals surface area contributed by atoms with E-state index in [0.29, 0.717) is 6.29 Å². The summed E-state index contributed by atoms with van der Waals surface area (Å²) >= 11 is 1.66. The minimum Gasteiger partial charge on any atom is -0.348 e. The first-order valence-electron chi connectivity index (χ1n) is 12.8. The Morgan fingerprint density at radius 3 is 2.32 bits per heavy atom. The first-order valence-corrected chi connectivity index (χ1v) is 13.7. The van der Waals surface area contributed by atoms with Crippen molar-refractivity contribution in [1.82, 2.24) is 20.5 Å². The van der Waals surface area contributed by atoms with Gasteiger partial charge in [-0.05, 0) is 69.7 Å². The lowest BCUT2D eigenvalue weighted by molar-refractivity contribution is -0.131. The monoisotopic (exact) mass is 530 g/mol. The van der Waals surface area contributed by atoms with Crippen LogP contribution in [0, 0.1) is 12.3 Å². The number of rotatable bonds is 7. The second-order valence-electron chi connectivity index (χ2n) is 11.2. The molecule has 1 aromatic carbocycles. The molecule has 1 aliphatic heterocycles. The van der Waals surface area contributed by atoms with Crippen molar-refractivity contribution >= 4 is 29.4 Å². The molecule has 1 aliphatic carbocycles. The first kappa shape index (κ1) is 28.9. The number of likely N-dealkylation sites (N-methyl/N-ethyl adjacent to an activating group) is 1. The summed E-state index contributed by atoms with van der Waals surface area (Å²) in [4.78, 5) is 42.0. The number of hydrogen-bond acceptors (Lipinski definition) is 6. The molecule has 0 bridgehead atoms. The number of likely N-dealkylation sites (tertiary alicyclic amines) is 1. The van der Waals surface area contributed by atoms with E-state index in [4.69, 9.17) is 0 Å². The van der Waals surface area contributed by atoms with Gasteiger partial charge in [0.1, 0.15) is 6.29 Å². The molecule has 2 fully saturated rings. The Balaban J connectivity index is 0.000000233. The molecular weight excluding hydrogens is 491 g/mol. The number of aromatic nitrogens is 1. The topological polar surface area (TPSA) is 91.4 Å². The Labute approximate surface area is 223 Å². The van der Waals surface area contributed by atoms with Gasteiger partial charge in [-0.3, -0.25) is 14.5 Å². The van der Waals surface area contributed by atoms with Crippen molar-refractivity contribution in [3.8, 4) is 10.4 Å². The molecule has 7 nitrogen and oxygen atoms in total. The Bertz CT molecular complexity index is 1090. The zero-order chi connectivity index (χ0) is 27.4. The van der Waals surface area contributed by atoms with Gasteiger partial charge in [0.15, 0.2) is 5.67 Å². The minimum absolute atomic E-state index is 0.0214. The molecule has 3 atom stereocenters. The molecule has 0 spiro atoms. The van der Waals surface area contributed by atoms with Crippen LogP contribution in [0.3, 0.4) is 0 Å². The lowest BCUT2D eigenvalue weighted by Gasteiger charge is -2.27. The van der Waals surface area contributed by atoms with Gasteiger partial charge in [0.05, 0.1) is 34.2 Å². The van der Waals surface area contributed by atoms with E-state index in [1.807, 2.05) is 47.2 Å². The Kier molecular flexibility index (Phi) is 9.23. The van der Waals surface area contributed by atoms with Crippen molar-refractivity contribution < 1.29 is 18.8 Å². The van der Waals surface area contributed by atoms with Crippen LogP contribution in [-0.2, 0) is 14.4 Å². The normalized spacial score (nSPS) is 20.2. The molecule has 2 aliphatic rings. The predicted molar refractivity (Wildman–Crippen MR) is 145 cm³/mol. The van der Waals surface area contributed by atoms with Crippen molar-refractivity contribution in [2.45, 2.75) is 84.1 Å². The maximum Gasteiger partial charge on any atom is 0.258 e. The summed E-state index contributed by atoms with van der Waals surface area (Å²) in [7, 11) is 2.02. The molecule has 1 aromatic heterocycles. The summed E-state index contributed by atoms with van der Waals surface area (Å²) in [5.41, 5.74) is 3.18. The lowest BCUT2D eigenvalue weighted by Crippen LogP contribution is -2.48. The largest absolute Gasteiger partial charge is 0.348 e. The van der Waals surface area contributed by atoms with Gasteiger partial charge in [-0.25, -0.2) is 9.37 Å². The van der Waals surface area contributed by atoms with E-state index in [1.165, 1.54) is 10.4 Å². The zero-order valence-corrected chi connectivity index (χ0v) is 23.5. The van der Waals surface area contributed by atoms with Crippen molar-refractivity contribution in [1.29, 1.82) is 0 Å². The third-order valence-corrected chi connectivity index (χ3v) is 8.03. The van der Waals surface area contributed by atoms with Crippen molar-refractivity contribution in [2.24, 2.45) is 5.41 Å². The van der Waals surface area contributed by atoms with Crippen LogP contribution in [0.1, 0.15) is 70.7 Å². The van der Waals surface area contributed by atoms with E-state index >= 15 is 0 Å². The smallest absolute Gasteiger partial charge is 0.258 e. The number of nitrogens with zero attached hydrogens (tertiary/aromatic N) is 2. The average Bonchev–Trinajstić information content (AvgIpc) is 3.23. The summed E-state index contributed by atoms with van der Waals surface area (Å²) < 4.78 is 13.3. The third kappa shape index (κ3) is 7.45. The SMILES string of the molecule is CC(C)(C)[C@@H](C=O)NC(=O)C1(F)CC1.Cc1ncsc1-c1ccc([C@@H](C)NC(=O)[C@@H]2CCCN2C)cc1. The predicted octanol–water partition coefficient (Wildman–Crippen LogP) is 4.61. The van der Waals surface area contributed by atoms with E-state index in [9.17, 15) is 18.8 Å². The van der Waals surface area contributed by atoms with Gasteiger partial charge in [0, 0.05) is 0 Å². The molecular formula is C28H39FN4O3S. The Morgan fingerprint density at radius 2 is 1.86 bits per heavy atom. The fourth-order valence-electron chi connectivity index (χ4n) is 4.20. The standard InChI is InChI=1S/C18H23N3OS.C10H16FNO2/c1-12(20-18(22)16-5-4-10-21(16)3)14-6-8-15(9-7-14)17-13(2)19-11-23-17;1-9(2,3)7(6-13)12-8(14)10(11)4-5-10/h6-9,11-12,16H,4-5,10H2,1-3H3,(H,20,22);6-7H,4-5H2,1-3H3,(H,12,14)/t12-,16+;7-/m11/s1. The number of halogens is 1. The Hall–Kier alpha value is -2.65. The molecule has 2 aromatic rings. The van der Waals surface area contributed by atoms with Crippen molar-refractivity contribution in [2.75, 3.05) is 13.6 Å². The molecule has 202 valence electrons.